The predicted molar refractivity (Wildman–Crippen MR) is 108 cm³/mol. The van der Waals surface area contributed by atoms with Crippen LogP contribution in [-0.4, -0.2) is 20.0 Å². The van der Waals surface area contributed by atoms with E-state index in [0.29, 0.717) is 15.9 Å². The summed E-state index contributed by atoms with van der Waals surface area (Å²) in [7, 11) is 0. The van der Waals surface area contributed by atoms with Gasteiger partial charge in [-0.3, -0.25) is 0 Å². The molecule has 0 fully saturated rings. The zero-order valence-electron chi connectivity index (χ0n) is 16.4. The van der Waals surface area contributed by atoms with Crippen LogP contribution in [0.4, 0.5) is 5.69 Å². The number of amides is 1. The van der Waals surface area contributed by atoms with E-state index in [0.717, 1.165) is 16.8 Å². The molecule has 1 heterocycles. The van der Waals surface area contributed by atoms with E-state index < -0.39 is 14.1 Å². The molecule has 0 N–H and O–H groups in total. The van der Waals surface area contributed by atoms with E-state index in [-0.39, 0.29) is 17.7 Å². The van der Waals surface area contributed by atoms with Crippen molar-refractivity contribution < 1.29 is 8.63 Å². The maximum atomic E-state index is 13.3. The van der Waals surface area contributed by atoms with Gasteiger partial charge in [0.15, 0.2) is 0 Å². The van der Waals surface area contributed by atoms with Crippen molar-refractivity contribution in [1.29, 1.82) is 0 Å². The third-order valence-electron chi connectivity index (χ3n) is 4.96. The molecule has 0 aromatic heterocycles. The van der Waals surface area contributed by atoms with Crippen LogP contribution in [0.3, 0.4) is 0 Å². The maximum absolute atomic E-state index is 13.3. The van der Waals surface area contributed by atoms with Gasteiger partial charge in [0.05, 0.1) is 0 Å². The second-order valence-corrected chi connectivity index (χ2v) is 10.6. The summed E-state index contributed by atoms with van der Waals surface area (Å²) in [5, 5.41) is 0. The van der Waals surface area contributed by atoms with Gasteiger partial charge in [-0.2, -0.15) is 0 Å². The third-order valence-corrected chi connectivity index (χ3v) is 7.92. The SMILES string of the molecule is CC(C)c1cc(C(C)C)c(N2C(=O)c3ccccc3[Se]2=O)c(C(C)C)c1. The van der Waals surface area contributed by atoms with Crippen molar-refractivity contribution in [3.8, 4) is 0 Å². The van der Waals surface area contributed by atoms with Gasteiger partial charge in [0.25, 0.3) is 0 Å². The predicted octanol–water partition coefficient (Wildman–Crippen LogP) is 4.84. The minimum absolute atomic E-state index is 0.123. The van der Waals surface area contributed by atoms with Gasteiger partial charge in [0, 0.05) is 0 Å². The van der Waals surface area contributed by atoms with Crippen LogP contribution in [0.1, 0.15) is 86.3 Å². The summed E-state index contributed by atoms with van der Waals surface area (Å²) < 4.78 is 15.6. The second-order valence-electron chi connectivity index (χ2n) is 7.86. The Morgan fingerprint density at radius 3 is 1.85 bits per heavy atom. The Morgan fingerprint density at radius 1 is 0.846 bits per heavy atom. The average molecular weight is 416 g/mol. The van der Waals surface area contributed by atoms with Crippen LogP contribution in [0.15, 0.2) is 36.4 Å². The molecule has 4 heteroatoms. The summed E-state index contributed by atoms with van der Waals surface area (Å²) in [6.07, 6.45) is 0. The molecule has 0 spiro atoms. The number of anilines is 1. The van der Waals surface area contributed by atoms with Crippen molar-refractivity contribution in [1.82, 2.24) is 0 Å². The van der Waals surface area contributed by atoms with Gasteiger partial charge in [-0.25, -0.2) is 0 Å². The molecule has 1 amide bonds. The fraction of sp³-hybridized carbons (Fsp3) is 0.409. The summed E-state index contributed by atoms with van der Waals surface area (Å²) in [6, 6.07) is 11.7. The molecule has 2 aromatic rings. The van der Waals surface area contributed by atoms with E-state index >= 15 is 0 Å². The summed E-state index contributed by atoms with van der Waals surface area (Å²) in [4.78, 5) is 13.1. The fourth-order valence-electron chi connectivity index (χ4n) is 3.42. The Labute approximate surface area is 160 Å². The van der Waals surface area contributed by atoms with E-state index in [1.165, 1.54) is 5.56 Å². The molecule has 0 saturated heterocycles. The molecule has 138 valence electrons. The second kappa shape index (κ2) is 7.09. The number of fused-ring (bicyclic) bond motifs is 1. The van der Waals surface area contributed by atoms with Crippen LogP contribution >= 0.6 is 0 Å². The summed E-state index contributed by atoms with van der Waals surface area (Å²) in [5.41, 5.74) is 4.97. The van der Waals surface area contributed by atoms with Gasteiger partial charge in [-0.15, -0.1) is 0 Å². The Bertz CT molecular complexity index is 819. The van der Waals surface area contributed by atoms with Gasteiger partial charge in [0.1, 0.15) is 0 Å². The molecular formula is C22H27NO2Se. The molecule has 1 aliphatic rings. The van der Waals surface area contributed by atoms with Crippen molar-refractivity contribution in [3.63, 3.8) is 0 Å². The molecule has 3 rings (SSSR count). The first-order chi connectivity index (χ1) is 12.2. The summed E-state index contributed by atoms with van der Waals surface area (Å²) in [5.74, 6) is 0.777. The van der Waals surface area contributed by atoms with Crippen molar-refractivity contribution in [3.05, 3.63) is 58.7 Å². The van der Waals surface area contributed by atoms with Crippen LogP contribution in [0, 0.1) is 0 Å². The first kappa shape index (κ1) is 19.0. The average Bonchev–Trinajstić information content (AvgIpc) is 2.85. The van der Waals surface area contributed by atoms with Gasteiger partial charge >= 0.3 is 161 Å². The van der Waals surface area contributed by atoms with E-state index in [9.17, 15) is 8.63 Å². The molecule has 1 atom stereocenters. The van der Waals surface area contributed by atoms with Crippen LogP contribution in [0.2, 0.25) is 0 Å². The Balaban J connectivity index is 2.28. The standard InChI is InChI=1S/C22H27NO2Se/c1-13(2)16-11-18(14(3)4)21(19(12-16)15(5)6)23-22(24)17-9-7-8-10-20(17)26(23)25/h7-15H,1-6H3. The molecule has 0 radical (unpaired) electrons. The first-order valence-corrected chi connectivity index (χ1v) is 11.6. The van der Waals surface area contributed by atoms with Crippen LogP contribution in [0.5, 0.6) is 0 Å². The monoisotopic (exact) mass is 417 g/mol. The van der Waals surface area contributed by atoms with Crippen molar-refractivity contribution in [2.45, 2.75) is 59.3 Å². The number of rotatable bonds is 4. The molecule has 0 bridgehead atoms. The quantitative estimate of drug-likeness (QED) is 0.669. The zero-order valence-corrected chi connectivity index (χ0v) is 18.1. The Hall–Kier alpha value is -1.77. The molecule has 1 unspecified atom stereocenters. The third kappa shape index (κ3) is 3.06. The zero-order chi connectivity index (χ0) is 19.2. The van der Waals surface area contributed by atoms with Gasteiger partial charge < -0.3 is 0 Å². The van der Waals surface area contributed by atoms with E-state index in [1.807, 2.05) is 18.2 Å². The van der Waals surface area contributed by atoms with Crippen molar-refractivity contribution in [2.75, 3.05) is 3.92 Å². The van der Waals surface area contributed by atoms with E-state index in [2.05, 4.69) is 53.7 Å². The molecule has 26 heavy (non-hydrogen) atoms. The number of hydrogen-bond acceptors (Lipinski definition) is 2. The number of carbonyl (C=O) groups excluding carboxylic acids is 1. The topological polar surface area (TPSA) is 37.4 Å². The molecule has 3 nitrogen and oxygen atoms in total. The Morgan fingerprint density at radius 2 is 1.38 bits per heavy atom. The van der Waals surface area contributed by atoms with Crippen LogP contribution in [0.25, 0.3) is 0 Å². The van der Waals surface area contributed by atoms with Crippen LogP contribution < -0.4 is 8.38 Å². The molecular weight excluding hydrogens is 389 g/mol. The fourth-order valence-corrected chi connectivity index (χ4v) is 6.27. The molecule has 0 aliphatic carbocycles. The molecule has 1 aliphatic heterocycles. The van der Waals surface area contributed by atoms with E-state index in [1.54, 1.807) is 9.98 Å². The number of carbonyl (C=O) groups is 1. The van der Waals surface area contributed by atoms with Gasteiger partial charge in [0.2, 0.25) is 0 Å². The van der Waals surface area contributed by atoms with Gasteiger partial charge in [-0.05, 0) is 0 Å². The number of hydrogen-bond donors (Lipinski definition) is 0. The summed E-state index contributed by atoms with van der Waals surface area (Å²) >= 11 is -2.63. The van der Waals surface area contributed by atoms with Gasteiger partial charge in [-0.1, -0.05) is 0 Å². The van der Waals surface area contributed by atoms with E-state index in [4.69, 9.17) is 0 Å². The Kier molecular flexibility index (Phi) is 5.18. The van der Waals surface area contributed by atoms with Crippen molar-refractivity contribution >= 4 is 30.1 Å². The molecule has 0 saturated carbocycles. The molecule has 2 aromatic carbocycles. The first-order valence-electron chi connectivity index (χ1n) is 9.27. The summed E-state index contributed by atoms with van der Waals surface area (Å²) in [6.45, 7) is 12.9. The van der Waals surface area contributed by atoms with Crippen molar-refractivity contribution in [2.24, 2.45) is 0 Å². The number of nitrogens with zero attached hydrogens (tertiary/aromatic N) is 1. The number of benzene rings is 2. The normalized spacial score (nSPS) is 16.9. The minimum atomic E-state index is -2.63. The van der Waals surface area contributed by atoms with Crippen LogP contribution in [-0.2, 0) is 3.83 Å².